The first-order chi connectivity index (χ1) is 14.8. The Morgan fingerprint density at radius 3 is 2.65 bits per heavy atom. The Balaban J connectivity index is 1.78. The van der Waals surface area contributed by atoms with Crippen LogP contribution in [0.4, 0.5) is 15.8 Å². The molecule has 0 spiro atoms. The molecule has 0 atom stereocenters. The lowest BCUT2D eigenvalue weighted by molar-refractivity contribution is -0.114. The number of carbonyl (C=O) groups excluding carboxylic acids is 2. The van der Waals surface area contributed by atoms with Gasteiger partial charge in [0.15, 0.2) is 5.65 Å². The number of halogens is 1. The quantitative estimate of drug-likeness (QED) is 0.455. The number of anilines is 2. The summed E-state index contributed by atoms with van der Waals surface area (Å²) in [4.78, 5) is 30.1. The minimum Gasteiger partial charge on any atom is -0.326 e. The molecule has 31 heavy (non-hydrogen) atoms. The Kier molecular flexibility index (Phi) is 5.51. The lowest BCUT2D eigenvalue weighted by Crippen LogP contribution is -2.15. The molecule has 0 saturated heterocycles. The zero-order valence-corrected chi connectivity index (χ0v) is 18.0. The maximum absolute atomic E-state index is 14.4. The number of nitrogens with one attached hydrogen (secondary N) is 2. The normalized spacial score (nSPS) is 11.1. The van der Waals surface area contributed by atoms with E-state index in [9.17, 15) is 14.0 Å². The van der Waals surface area contributed by atoms with Gasteiger partial charge in [0.05, 0.1) is 33.4 Å². The van der Waals surface area contributed by atoms with Gasteiger partial charge in [-0.15, -0.1) is 11.3 Å². The molecule has 0 radical (unpaired) electrons. The number of pyridine rings is 1. The number of amides is 2. The first kappa shape index (κ1) is 20.7. The third-order valence-electron chi connectivity index (χ3n) is 4.61. The van der Waals surface area contributed by atoms with Crippen molar-refractivity contribution in [3.63, 3.8) is 0 Å². The van der Waals surface area contributed by atoms with Crippen LogP contribution in [0.25, 0.3) is 21.6 Å². The molecule has 3 aromatic heterocycles. The van der Waals surface area contributed by atoms with Gasteiger partial charge in [-0.05, 0) is 49.6 Å². The van der Waals surface area contributed by atoms with Crippen molar-refractivity contribution in [2.75, 3.05) is 10.6 Å². The Bertz CT molecular complexity index is 1280. The number of fused-ring (bicyclic) bond motifs is 1. The summed E-state index contributed by atoms with van der Waals surface area (Å²) in [7, 11) is 0. The van der Waals surface area contributed by atoms with Crippen molar-refractivity contribution in [3.05, 3.63) is 59.4 Å². The van der Waals surface area contributed by atoms with Gasteiger partial charge >= 0.3 is 0 Å². The molecule has 7 nitrogen and oxygen atoms in total. The minimum atomic E-state index is -0.607. The predicted molar refractivity (Wildman–Crippen MR) is 120 cm³/mol. The van der Waals surface area contributed by atoms with E-state index in [0.29, 0.717) is 28.0 Å². The van der Waals surface area contributed by atoms with E-state index in [1.54, 1.807) is 16.9 Å². The van der Waals surface area contributed by atoms with E-state index in [4.69, 9.17) is 4.98 Å². The summed E-state index contributed by atoms with van der Waals surface area (Å²) < 4.78 is 16.1. The highest BCUT2D eigenvalue weighted by molar-refractivity contribution is 7.13. The highest BCUT2D eigenvalue weighted by Crippen LogP contribution is 2.30. The zero-order valence-electron chi connectivity index (χ0n) is 17.1. The predicted octanol–water partition coefficient (Wildman–Crippen LogP) is 5.09. The number of aromatic nitrogens is 3. The van der Waals surface area contributed by atoms with Crippen molar-refractivity contribution in [1.29, 1.82) is 0 Å². The first-order valence-electron chi connectivity index (χ1n) is 9.64. The van der Waals surface area contributed by atoms with E-state index in [-0.39, 0.29) is 17.6 Å². The van der Waals surface area contributed by atoms with Crippen molar-refractivity contribution < 1.29 is 14.0 Å². The van der Waals surface area contributed by atoms with Gasteiger partial charge < -0.3 is 10.6 Å². The Morgan fingerprint density at radius 1 is 1.16 bits per heavy atom. The molecule has 0 aliphatic rings. The molecule has 0 fully saturated rings. The van der Waals surface area contributed by atoms with Crippen molar-refractivity contribution in [3.8, 4) is 10.6 Å². The highest BCUT2D eigenvalue weighted by atomic mass is 32.1. The van der Waals surface area contributed by atoms with Crippen LogP contribution in [-0.2, 0) is 4.79 Å². The van der Waals surface area contributed by atoms with Crippen molar-refractivity contribution in [2.45, 2.75) is 26.8 Å². The number of carbonyl (C=O) groups is 2. The van der Waals surface area contributed by atoms with Crippen LogP contribution in [0.1, 0.15) is 37.2 Å². The number of rotatable bonds is 5. The second-order valence-electron chi connectivity index (χ2n) is 7.28. The van der Waals surface area contributed by atoms with Gasteiger partial charge in [-0.25, -0.2) is 14.1 Å². The highest BCUT2D eigenvalue weighted by Gasteiger charge is 2.20. The van der Waals surface area contributed by atoms with Crippen molar-refractivity contribution in [2.24, 2.45) is 0 Å². The van der Waals surface area contributed by atoms with E-state index < -0.39 is 11.7 Å². The second kappa shape index (κ2) is 8.27. The molecule has 9 heteroatoms. The average Bonchev–Trinajstić information content (AvgIpc) is 3.39. The minimum absolute atomic E-state index is 0.0323. The van der Waals surface area contributed by atoms with Crippen LogP contribution in [-0.4, -0.2) is 26.6 Å². The van der Waals surface area contributed by atoms with E-state index in [2.05, 4.69) is 15.7 Å². The summed E-state index contributed by atoms with van der Waals surface area (Å²) in [6.45, 7) is 5.32. The van der Waals surface area contributed by atoms with Gasteiger partial charge in [0.1, 0.15) is 5.82 Å². The summed E-state index contributed by atoms with van der Waals surface area (Å²) in [5.41, 5.74) is 1.91. The second-order valence-corrected chi connectivity index (χ2v) is 8.23. The van der Waals surface area contributed by atoms with Gasteiger partial charge in [-0.2, -0.15) is 5.10 Å². The molecule has 1 aromatic carbocycles. The zero-order chi connectivity index (χ0) is 22.1. The Hall–Kier alpha value is -3.59. The molecule has 3 heterocycles. The molecular formula is C22H20FN5O2S. The molecule has 2 amide bonds. The number of hydrogen-bond donors (Lipinski definition) is 2. The van der Waals surface area contributed by atoms with E-state index in [1.165, 1.54) is 36.5 Å². The van der Waals surface area contributed by atoms with E-state index in [1.807, 2.05) is 31.4 Å². The van der Waals surface area contributed by atoms with Gasteiger partial charge in [-0.3, -0.25) is 9.59 Å². The van der Waals surface area contributed by atoms with Crippen LogP contribution in [0.3, 0.4) is 0 Å². The molecule has 4 rings (SSSR count). The largest absolute Gasteiger partial charge is 0.326 e. The standard InChI is InChI=1S/C22H20FN5O2S/c1-12(2)28-21-16(11-24-28)15(10-19(26-21)20-5-4-8-31-20)22(30)27-18-9-14(25-13(3)29)6-7-17(18)23/h4-12H,1-3H3,(H,25,29)(H,27,30). The van der Waals surface area contributed by atoms with Crippen LogP contribution in [0.15, 0.2) is 48.0 Å². The topological polar surface area (TPSA) is 88.9 Å². The maximum atomic E-state index is 14.4. The molecule has 0 bridgehead atoms. The number of hydrogen-bond acceptors (Lipinski definition) is 5. The fourth-order valence-corrected chi connectivity index (χ4v) is 3.91. The van der Waals surface area contributed by atoms with Crippen molar-refractivity contribution >= 4 is 45.6 Å². The van der Waals surface area contributed by atoms with E-state index in [0.717, 1.165) is 4.88 Å². The maximum Gasteiger partial charge on any atom is 0.256 e. The Morgan fingerprint density at radius 2 is 1.97 bits per heavy atom. The third-order valence-corrected chi connectivity index (χ3v) is 5.50. The van der Waals surface area contributed by atoms with Crippen LogP contribution < -0.4 is 10.6 Å². The van der Waals surface area contributed by atoms with Gasteiger partial charge in [0.25, 0.3) is 5.91 Å². The van der Waals surface area contributed by atoms with Crippen LogP contribution in [0.5, 0.6) is 0 Å². The fraction of sp³-hybridized carbons (Fsp3) is 0.182. The Labute approximate surface area is 181 Å². The van der Waals surface area contributed by atoms with Gasteiger partial charge in [-0.1, -0.05) is 6.07 Å². The summed E-state index contributed by atoms with van der Waals surface area (Å²) in [5, 5.41) is 12.1. The molecule has 0 saturated carbocycles. The smallest absolute Gasteiger partial charge is 0.256 e. The van der Waals surface area contributed by atoms with Crippen LogP contribution >= 0.6 is 11.3 Å². The van der Waals surface area contributed by atoms with Gasteiger partial charge in [0, 0.05) is 18.7 Å². The van der Waals surface area contributed by atoms with Crippen LogP contribution in [0, 0.1) is 5.82 Å². The molecule has 0 aliphatic heterocycles. The third kappa shape index (κ3) is 4.17. The fourth-order valence-electron chi connectivity index (χ4n) is 3.23. The summed E-state index contributed by atoms with van der Waals surface area (Å²) in [6.07, 6.45) is 1.60. The van der Waals surface area contributed by atoms with Crippen molar-refractivity contribution in [1.82, 2.24) is 14.8 Å². The SMILES string of the molecule is CC(=O)Nc1ccc(F)c(NC(=O)c2cc(-c3cccs3)nc3c2cnn3C(C)C)c1. The first-order valence-corrected chi connectivity index (χ1v) is 10.5. The number of nitrogens with zero attached hydrogens (tertiary/aromatic N) is 3. The van der Waals surface area contributed by atoms with Crippen LogP contribution in [0.2, 0.25) is 0 Å². The summed E-state index contributed by atoms with van der Waals surface area (Å²) in [6, 6.07) is 9.57. The number of benzene rings is 1. The van der Waals surface area contributed by atoms with Gasteiger partial charge in [0.2, 0.25) is 5.91 Å². The summed E-state index contributed by atoms with van der Waals surface area (Å²) in [5.74, 6) is -1.39. The summed E-state index contributed by atoms with van der Waals surface area (Å²) >= 11 is 1.51. The average molecular weight is 438 g/mol. The molecule has 4 aromatic rings. The number of thiophene rings is 1. The van der Waals surface area contributed by atoms with E-state index >= 15 is 0 Å². The lowest BCUT2D eigenvalue weighted by atomic mass is 10.1. The molecule has 0 aliphatic carbocycles. The molecule has 0 unspecified atom stereocenters. The molecular weight excluding hydrogens is 417 g/mol. The monoisotopic (exact) mass is 437 g/mol. The molecule has 2 N–H and O–H groups in total. The lowest BCUT2D eigenvalue weighted by Gasteiger charge is -2.12. The molecule has 158 valence electrons.